The van der Waals surface area contributed by atoms with Gasteiger partial charge in [0.2, 0.25) is 0 Å². The van der Waals surface area contributed by atoms with Gasteiger partial charge in [-0.1, -0.05) is 31.5 Å². The van der Waals surface area contributed by atoms with Gasteiger partial charge in [-0.25, -0.2) is 0 Å². The van der Waals surface area contributed by atoms with Gasteiger partial charge in [-0.05, 0) is 92.8 Å². The number of ketones is 1. The summed E-state index contributed by atoms with van der Waals surface area (Å²) in [4.78, 5) is 30.7. The Labute approximate surface area is 213 Å². The predicted molar refractivity (Wildman–Crippen MR) is 146 cm³/mol. The molecule has 3 aromatic carbocycles. The lowest BCUT2D eigenvalue weighted by molar-refractivity contribution is 0.0998. The number of aryl methyl sites for hydroxylation is 1. The van der Waals surface area contributed by atoms with Gasteiger partial charge in [0.15, 0.2) is 5.78 Å². The van der Waals surface area contributed by atoms with E-state index in [4.69, 9.17) is 9.73 Å². The fourth-order valence-electron chi connectivity index (χ4n) is 4.57. The van der Waals surface area contributed by atoms with Crippen LogP contribution in [-0.2, 0) is 12.8 Å². The van der Waals surface area contributed by atoms with Crippen LogP contribution in [0.3, 0.4) is 0 Å². The molecule has 0 bridgehead atoms. The Morgan fingerprint density at radius 2 is 1.67 bits per heavy atom. The van der Waals surface area contributed by atoms with Gasteiger partial charge in [0.05, 0.1) is 24.8 Å². The second kappa shape index (κ2) is 10.9. The monoisotopic (exact) mass is 482 g/mol. The minimum absolute atomic E-state index is 0.0132. The van der Waals surface area contributed by atoms with E-state index in [0.717, 1.165) is 42.7 Å². The molecule has 0 aliphatic carbocycles. The first-order valence-electron chi connectivity index (χ1n) is 12.6. The summed E-state index contributed by atoms with van der Waals surface area (Å²) in [5.74, 6) is 0.575. The number of Topliss-reactive ketones (excluding diaryl/α,β-unsaturated/α-hetero) is 1. The number of unbranched alkanes of at least 4 members (excludes halogenated alkanes) is 1. The number of ether oxygens (including phenoxy) is 1. The second-order valence-corrected chi connectivity index (χ2v) is 10.0. The SMILES string of the molecule is CCCCc1ccc(C(=O)Nc2ccc(C(=O)CC3=NC(C)(C)Cc4ccc(OC)cc43)cc2)cc1. The van der Waals surface area contributed by atoms with Crippen molar-refractivity contribution in [1.82, 2.24) is 0 Å². The molecule has 1 amide bonds. The van der Waals surface area contributed by atoms with E-state index >= 15 is 0 Å². The molecule has 0 saturated heterocycles. The van der Waals surface area contributed by atoms with Crippen molar-refractivity contribution in [1.29, 1.82) is 0 Å². The van der Waals surface area contributed by atoms with Crippen molar-refractivity contribution in [2.45, 2.75) is 58.4 Å². The molecule has 0 saturated carbocycles. The van der Waals surface area contributed by atoms with Crippen molar-refractivity contribution in [2.75, 3.05) is 12.4 Å². The summed E-state index contributed by atoms with van der Waals surface area (Å²) in [6.07, 6.45) is 4.34. The zero-order valence-electron chi connectivity index (χ0n) is 21.6. The highest BCUT2D eigenvalue weighted by Crippen LogP contribution is 2.31. The van der Waals surface area contributed by atoms with E-state index in [1.807, 2.05) is 36.4 Å². The summed E-state index contributed by atoms with van der Waals surface area (Å²) in [6, 6.07) is 20.8. The minimum atomic E-state index is -0.264. The lowest BCUT2D eigenvalue weighted by Gasteiger charge is -2.29. The average molecular weight is 483 g/mol. The molecule has 36 heavy (non-hydrogen) atoms. The number of nitrogens with one attached hydrogen (secondary N) is 1. The largest absolute Gasteiger partial charge is 0.497 e. The molecule has 4 rings (SSSR count). The molecule has 5 heteroatoms. The van der Waals surface area contributed by atoms with E-state index in [2.05, 4.69) is 32.2 Å². The molecule has 1 aliphatic heterocycles. The smallest absolute Gasteiger partial charge is 0.255 e. The Morgan fingerprint density at radius 1 is 0.972 bits per heavy atom. The van der Waals surface area contributed by atoms with Gasteiger partial charge >= 0.3 is 0 Å². The van der Waals surface area contributed by atoms with E-state index in [9.17, 15) is 9.59 Å². The average Bonchev–Trinajstić information content (AvgIpc) is 2.87. The number of amides is 1. The van der Waals surface area contributed by atoms with Crippen LogP contribution >= 0.6 is 0 Å². The fraction of sp³-hybridized carbons (Fsp3) is 0.323. The molecule has 0 radical (unpaired) electrons. The molecule has 0 spiro atoms. The van der Waals surface area contributed by atoms with Crippen molar-refractivity contribution in [3.63, 3.8) is 0 Å². The van der Waals surface area contributed by atoms with E-state index in [1.54, 1.807) is 31.4 Å². The maximum Gasteiger partial charge on any atom is 0.255 e. The highest BCUT2D eigenvalue weighted by molar-refractivity contribution is 6.17. The van der Waals surface area contributed by atoms with Gasteiger partial charge in [0.1, 0.15) is 5.75 Å². The van der Waals surface area contributed by atoms with Crippen LogP contribution in [0.2, 0.25) is 0 Å². The van der Waals surface area contributed by atoms with Crippen molar-refractivity contribution in [2.24, 2.45) is 4.99 Å². The van der Waals surface area contributed by atoms with E-state index in [1.165, 1.54) is 11.1 Å². The van der Waals surface area contributed by atoms with Gasteiger partial charge in [-0.2, -0.15) is 0 Å². The first-order chi connectivity index (χ1) is 17.3. The molecular weight excluding hydrogens is 448 g/mol. The number of carbonyl (C=O) groups excluding carboxylic acids is 2. The zero-order chi connectivity index (χ0) is 25.7. The van der Waals surface area contributed by atoms with Crippen LogP contribution in [0, 0.1) is 0 Å². The Kier molecular flexibility index (Phi) is 7.68. The van der Waals surface area contributed by atoms with Crippen LogP contribution in [0.15, 0.2) is 71.7 Å². The van der Waals surface area contributed by atoms with Gasteiger partial charge in [0.25, 0.3) is 5.91 Å². The van der Waals surface area contributed by atoms with E-state index in [0.29, 0.717) is 16.8 Å². The van der Waals surface area contributed by atoms with Gasteiger partial charge in [0, 0.05) is 22.4 Å². The van der Waals surface area contributed by atoms with Crippen LogP contribution in [-0.4, -0.2) is 30.1 Å². The predicted octanol–water partition coefficient (Wildman–Crippen LogP) is 6.69. The van der Waals surface area contributed by atoms with Crippen LogP contribution in [0.4, 0.5) is 5.69 Å². The summed E-state index contributed by atoms with van der Waals surface area (Å²) in [5, 5.41) is 2.92. The number of hydrogen-bond acceptors (Lipinski definition) is 4. The highest BCUT2D eigenvalue weighted by atomic mass is 16.5. The van der Waals surface area contributed by atoms with Crippen molar-refractivity contribution in [3.8, 4) is 5.75 Å². The van der Waals surface area contributed by atoms with Gasteiger partial charge in [-0.3, -0.25) is 14.6 Å². The number of benzene rings is 3. The third kappa shape index (κ3) is 6.09. The first-order valence-corrected chi connectivity index (χ1v) is 12.6. The van der Waals surface area contributed by atoms with Crippen LogP contribution in [0.1, 0.15) is 77.4 Å². The summed E-state index contributed by atoms with van der Waals surface area (Å²) in [5.41, 5.74) is 5.76. The van der Waals surface area contributed by atoms with Crippen molar-refractivity contribution < 1.29 is 14.3 Å². The molecule has 3 aromatic rings. The lowest BCUT2D eigenvalue weighted by atomic mass is 9.85. The second-order valence-electron chi connectivity index (χ2n) is 10.0. The molecule has 0 unspecified atom stereocenters. The summed E-state index contributed by atoms with van der Waals surface area (Å²) >= 11 is 0. The fourth-order valence-corrected chi connectivity index (χ4v) is 4.57. The van der Waals surface area contributed by atoms with Gasteiger partial charge < -0.3 is 10.1 Å². The molecule has 0 aromatic heterocycles. The Bertz CT molecular complexity index is 1270. The molecule has 1 heterocycles. The number of hydrogen-bond donors (Lipinski definition) is 1. The molecule has 0 atom stereocenters. The standard InChI is InChI=1S/C31H34N2O3/c1-5-6-7-21-8-10-23(11-9-21)30(35)32-25-15-12-22(13-16-25)29(34)19-28-27-18-26(36-4)17-14-24(27)20-31(2,3)33-28/h8-18H,5-7,19-20H2,1-4H3,(H,32,35). The third-order valence-electron chi connectivity index (χ3n) is 6.52. The molecule has 5 nitrogen and oxygen atoms in total. The topological polar surface area (TPSA) is 67.8 Å². The molecule has 1 aliphatic rings. The lowest BCUT2D eigenvalue weighted by Crippen LogP contribution is -2.30. The number of nitrogens with zero attached hydrogens (tertiary/aromatic N) is 1. The van der Waals surface area contributed by atoms with Gasteiger partial charge in [-0.15, -0.1) is 0 Å². The summed E-state index contributed by atoms with van der Waals surface area (Å²) in [7, 11) is 1.64. The number of methoxy groups -OCH3 is 1. The van der Waals surface area contributed by atoms with Crippen LogP contribution < -0.4 is 10.1 Å². The molecular formula is C31H34N2O3. The number of fused-ring (bicyclic) bond motifs is 1. The Balaban J connectivity index is 1.43. The quantitative estimate of drug-likeness (QED) is 0.346. The Hall–Kier alpha value is -3.73. The molecule has 0 fully saturated rings. The van der Waals surface area contributed by atoms with Crippen molar-refractivity contribution in [3.05, 3.63) is 94.5 Å². The number of anilines is 1. The maximum absolute atomic E-state index is 13.2. The van der Waals surface area contributed by atoms with E-state index < -0.39 is 0 Å². The minimum Gasteiger partial charge on any atom is -0.497 e. The van der Waals surface area contributed by atoms with Crippen LogP contribution in [0.25, 0.3) is 0 Å². The Morgan fingerprint density at radius 3 is 2.33 bits per heavy atom. The first kappa shape index (κ1) is 25.4. The zero-order valence-corrected chi connectivity index (χ0v) is 21.6. The summed E-state index contributed by atoms with van der Waals surface area (Å²) in [6.45, 7) is 6.34. The number of rotatable bonds is 9. The van der Waals surface area contributed by atoms with E-state index in [-0.39, 0.29) is 23.7 Å². The molecule has 1 N–H and O–H groups in total. The number of aliphatic imine (C=N–C) groups is 1. The molecule has 186 valence electrons. The number of carbonyl (C=O) groups is 2. The third-order valence-corrected chi connectivity index (χ3v) is 6.52. The van der Waals surface area contributed by atoms with Crippen LogP contribution in [0.5, 0.6) is 5.75 Å². The highest BCUT2D eigenvalue weighted by Gasteiger charge is 2.28. The normalized spacial score (nSPS) is 13.9. The maximum atomic E-state index is 13.2. The van der Waals surface area contributed by atoms with Crippen molar-refractivity contribution >= 4 is 23.1 Å². The summed E-state index contributed by atoms with van der Waals surface area (Å²) < 4.78 is 5.39.